The molecular weight excluding hydrogens is 172 g/mol. The van der Waals surface area contributed by atoms with Gasteiger partial charge in [0, 0.05) is 17.8 Å². The molecule has 1 atom stereocenters. The molecule has 0 aliphatic rings. The Hall–Kier alpha value is -1.57. The van der Waals surface area contributed by atoms with Crippen LogP contribution in [-0.2, 0) is 0 Å². The zero-order chi connectivity index (χ0) is 9.80. The fraction of sp³-hybridized carbons (Fsp3) is 0.250. The molecule has 0 radical (unpaired) electrons. The van der Waals surface area contributed by atoms with E-state index in [2.05, 4.69) is 41.2 Å². The highest BCUT2D eigenvalue weighted by molar-refractivity contribution is 5.26. The van der Waals surface area contributed by atoms with E-state index >= 15 is 0 Å². The summed E-state index contributed by atoms with van der Waals surface area (Å²) in [6.45, 7) is 2.19. The summed E-state index contributed by atoms with van der Waals surface area (Å²) in [5.41, 5.74) is 2.54. The van der Waals surface area contributed by atoms with E-state index in [0.29, 0.717) is 5.92 Å². The van der Waals surface area contributed by atoms with Crippen molar-refractivity contribution in [3.8, 4) is 0 Å². The first-order valence-electron chi connectivity index (χ1n) is 4.95. The van der Waals surface area contributed by atoms with Gasteiger partial charge in [0.05, 0.1) is 6.33 Å². The van der Waals surface area contributed by atoms with Crippen molar-refractivity contribution in [3.63, 3.8) is 0 Å². The molecule has 0 spiro atoms. The lowest BCUT2D eigenvalue weighted by atomic mass is 9.94. The third-order valence-electron chi connectivity index (χ3n) is 2.50. The highest BCUT2D eigenvalue weighted by atomic mass is 14.9. The maximum absolute atomic E-state index is 4.06. The lowest BCUT2D eigenvalue weighted by molar-refractivity contribution is 0.755. The Morgan fingerprint density at radius 1 is 1.29 bits per heavy atom. The third kappa shape index (κ3) is 1.69. The Morgan fingerprint density at radius 3 is 2.64 bits per heavy atom. The molecule has 2 heteroatoms. The van der Waals surface area contributed by atoms with Crippen LogP contribution in [0, 0.1) is 0 Å². The molecule has 72 valence electrons. The number of benzene rings is 1. The maximum atomic E-state index is 4.06. The van der Waals surface area contributed by atoms with Gasteiger partial charge in [-0.2, -0.15) is 0 Å². The van der Waals surface area contributed by atoms with Crippen molar-refractivity contribution >= 4 is 0 Å². The minimum absolute atomic E-state index is 0.443. The lowest BCUT2D eigenvalue weighted by Crippen LogP contribution is -1.99. The minimum atomic E-state index is 0.443. The number of hydrogen-bond acceptors (Lipinski definition) is 1. The summed E-state index contributed by atoms with van der Waals surface area (Å²) in [6, 6.07) is 10.5. The highest BCUT2D eigenvalue weighted by Crippen LogP contribution is 2.25. The smallest absolute Gasteiger partial charge is 0.0921 e. The minimum Gasteiger partial charge on any atom is -0.348 e. The third-order valence-corrected chi connectivity index (χ3v) is 2.50. The first-order chi connectivity index (χ1) is 6.92. The van der Waals surface area contributed by atoms with Crippen molar-refractivity contribution in [1.29, 1.82) is 0 Å². The molecule has 1 N–H and O–H groups in total. The van der Waals surface area contributed by atoms with Gasteiger partial charge in [-0.05, 0) is 12.0 Å². The monoisotopic (exact) mass is 186 g/mol. The average molecular weight is 186 g/mol. The molecule has 0 aliphatic carbocycles. The van der Waals surface area contributed by atoms with E-state index in [4.69, 9.17) is 0 Å². The molecular formula is C12H14N2. The van der Waals surface area contributed by atoms with Crippen LogP contribution in [0.4, 0.5) is 0 Å². The van der Waals surface area contributed by atoms with E-state index in [1.54, 1.807) is 6.33 Å². The van der Waals surface area contributed by atoms with Crippen LogP contribution >= 0.6 is 0 Å². The van der Waals surface area contributed by atoms with Crippen LogP contribution in [0.5, 0.6) is 0 Å². The highest BCUT2D eigenvalue weighted by Gasteiger charge is 2.11. The van der Waals surface area contributed by atoms with Gasteiger partial charge < -0.3 is 4.98 Å². The van der Waals surface area contributed by atoms with Gasteiger partial charge in [0.1, 0.15) is 0 Å². The van der Waals surface area contributed by atoms with Gasteiger partial charge in [-0.3, -0.25) is 0 Å². The summed E-state index contributed by atoms with van der Waals surface area (Å²) in [5, 5.41) is 0. The predicted octanol–water partition coefficient (Wildman–Crippen LogP) is 2.95. The summed E-state index contributed by atoms with van der Waals surface area (Å²) in [7, 11) is 0. The molecule has 0 amide bonds. The van der Waals surface area contributed by atoms with Crippen LogP contribution in [-0.4, -0.2) is 9.97 Å². The molecule has 1 aromatic heterocycles. The van der Waals surface area contributed by atoms with Crippen LogP contribution in [0.3, 0.4) is 0 Å². The molecule has 2 aromatic rings. The summed E-state index contributed by atoms with van der Waals surface area (Å²) in [6.07, 6.45) is 4.73. The standard InChI is InChI=1S/C12H14N2/c1-2-11(12-8-13-9-14-12)10-6-4-3-5-7-10/h3-9,11H,2H2,1H3,(H,13,14). The Kier molecular flexibility index (Phi) is 2.63. The Bertz CT molecular complexity index is 364. The van der Waals surface area contributed by atoms with Crippen molar-refractivity contribution in [2.45, 2.75) is 19.3 Å². The van der Waals surface area contributed by atoms with Crippen LogP contribution in [0.1, 0.15) is 30.5 Å². The summed E-state index contributed by atoms with van der Waals surface area (Å²) < 4.78 is 0. The van der Waals surface area contributed by atoms with E-state index in [-0.39, 0.29) is 0 Å². The zero-order valence-electron chi connectivity index (χ0n) is 8.27. The maximum Gasteiger partial charge on any atom is 0.0921 e. The molecule has 14 heavy (non-hydrogen) atoms. The Labute approximate surface area is 84.0 Å². The van der Waals surface area contributed by atoms with E-state index in [1.807, 2.05) is 12.3 Å². The summed E-state index contributed by atoms with van der Waals surface area (Å²) >= 11 is 0. The largest absolute Gasteiger partial charge is 0.348 e. The molecule has 2 rings (SSSR count). The van der Waals surface area contributed by atoms with Crippen LogP contribution in [0.25, 0.3) is 0 Å². The number of rotatable bonds is 3. The number of hydrogen-bond donors (Lipinski definition) is 1. The van der Waals surface area contributed by atoms with Gasteiger partial charge in [-0.25, -0.2) is 4.98 Å². The second-order valence-corrected chi connectivity index (χ2v) is 3.38. The first kappa shape index (κ1) is 9.00. The van der Waals surface area contributed by atoms with E-state index in [0.717, 1.165) is 6.42 Å². The van der Waals surface area contributed by atoms with E-state index in [1.165, 1.54) is 11.3 Å². The fourth-order valence-electron chi connectivity index (χ4n) is 1.78. The van der Waals surface area contributed by atoms with Crippen molar-refractivity contribution < 1.29 is 0 Å². The Morgan fingerprint density at radius 2 is 2.07 bits per heavy atom. The van der Waals surface area contributed by atoms with Gasteiger partial charge >= 0.3 is 0 Å². The SMILES string of the molecule is CCC(c1ccccc1)c1cnc[nH]1. The van der Waals surface area contributed by atoms with E-state index < -0.39 is 0 Å². The Balaban J connectivity index is 2.31. The van der Waals surface area contributed by atoms with Gasteiger partial charge in [0.2, 0.25) is 0 Å². The molecule has 0 saturated heterocycles. The molecule has 0 saturated carbocycles. The normalized spacial score (nSPS) is 12.6. The summed E-state index contributed by atoms with van der Waals surface area (Å²) in [5.74, 6) is 0.443. The van der Waals surface area contributed by atoms with Gasteiger partial charge in [0.15, 0.2) is 0 Å². The quantitative estimate of drug-likeness (QED) is 0.784. The molecule has 0 aliphatic heterocycles. The zero-order valence-corrected chi connectivity index (χ0v) is 8.27. The van der Waals surface area contributed by atoms with Crippen molar-refractivity contribution in [2.24, 2.45) is 0 Å². The van der Waals surface area contributed by atoms with Crippen molar-refractivity contribution in [1.82, 2.24) is 9.97 Å². The van der Waals surface area contributed by atoms with Gasteiger partial charge in [0.25, 0.3) is 0 Å². The number of nitrogens with zero attached hydrogens (tertiary/aromatic N) is 1. The van der Waals surface area contributed by atoms with Gasteiger partial charge in [-0.15, -0.1) is 0 Å². The average Bonchev–Trinajstić information content (AvgIpc) is 2.74. The lowest BCUT2D eigenvalue weighted by Gasteiger charge is -2.12. The number of H-pyrrole nitrogens is 1. The van der Waals surface area contributed by atoms with E-state index in [9.17, 15) is 0 Å². The van der Waals surface area contributed by atoms with Crippen LogP contribution in [0.15, 0.2) is 42.9 Å². The molecule has 1 heterocycles. The van der Waals surface area contributed by atoms with Crippen molar-refractivity contribution in [2.75, 3.05) is 0 Å². The number of aromatic nitrogens is 2. The molecule has 0 bridgehead atoms. The number of nitrogens with one attached hydrogen (secondary N) is 1. The predicted molar refractivity (Wildman–Crippen MR) is 57.2 cm³/mol. The van der Waals surface area contributed by atoms with Crippen LogP contribution in [0.2, 0.25) is 0 Å². The second kappa shape index (κ2) is 4.09. The second-order valence-electron chi connectivity index (χ2n) is 3.38. The topological polar surface area (TPSA) is 28.7 Å². The van der Waals surface area contributed by atoms with Gasteiger partial charge in [-0.1, -0.05) is 37.3 Å². The molecule has 1 aromatic carbocycles. The van der Waals surface area contributed by atoms with Crippen LogP contribution < -0.4 is 0 Å². The fourth-order valence-corrected chi connectivity index (χ4v) is 1.78. The van der Waals surface area contributed by atoms with Crippen molar-refractivity contribution in [3.05, 3.63) is 54.1 Å². The number of aromatic amines is 1. The molecule has 1 unspecified atom stereocenters. The number of imidazole rings is 1. The summed E-state index contributed by atoms with van der Waals surface area (Å²) in [4.78, 5) is 7.24. The first-order valence-corrected chi connectivity index (χ1v) is 4.95. The molecule has 0 fully saturated rings. The molecule has 2 nitrogen and oxygen atoms in total.